The number of nitrogen functional groups attached to an aromatic ring is 1. The number of nitrogens with zero attached hydrogens (tertiary/aromatic N) is 1. The number of benzene rings is 3. The summed E-state index contributed by atoms with van der Waals surface area (Å²) in [7, 11) is -3.95. The molecule has 198 valence electrons. The lowest BCUT2D eigenvalue weighted by Gasteiger charge is -2.30. The third-order valence-electron chi connectivity index (χ3n) is 5.73. The molecule has 0 aliphatic carbocycles. The molecule has 8 nitrogen and oxygen atoms in total. The number of nitrogens with one attached hydrogen (secondary N) is 1. The number of hydrogen-bond acceptors (Lipinski definition) is 6. The van der Waals surface area contributed by atoms with Crippen LogP contribution in [0.15, 0.2) is 89.8 Å². The molecule has 0 aromatic heterocycles. The number of aliphatic hydroxyl groups is 1. The van der Waals surface area contributed by atoms with E-state index in [1.54, 1.807) is 12.1 Å². The molecule has 0 heterocycles. The Labute approximate surface area is 219 Å². The Bertz CT molecular complexity index is 1240. The van der Waals surface area contributed by atoms with Gasteiger partial charge in [0.15, 0.2) is 0 Å². The summed E-state index contributed by atoms with van der Waals surface area (Å²) in [5.41, 5.74) is 7.86. The van der Waals surface area contributed by atoms with Crippen molar-refractivity contribution >= 4 is 21.8 Å². The van der Waals surface area contributed by atoms with Gasteiger partial charge in [0.05, 0.1) is 17.0 Å². The van der Waals surface area contributed by atoms with E-state index in [1.807, 2.05) is 74.5 Å². The molecule has 3 aromatic rings. The van der Waals surface area contributed by atoms with E-state index in [0.717, 1.165) is 11.1 Å². The van der Waals surface area contributed by atoms with Crippen LogP contribution < -0.4 is 11.1 Å². The van der Waals surface area contributed by atoms with Crippen LogP contribution >= 0.6 is 0 Å². The van der Waals surface area contributed by atoms with E-state index in [-0.39, 0.29) is 36.9 Å². The van der Waals surface area contributed by atoms with Gasteiger partial charge in [-0.15, -0.1) is 0 Å². The van der Waals surface area contributed by atoms with Crippen LogP contribution in [0.4, 0.5) is 10.5 Å². The number of alkyl carbamates (subject to hydrolysis) is 1. The Hall–Kier alpha value is -3.40. The number of rotatable bonds is 12. The van der Waals surface area contributed by atoms with Gasteiger partial charge in [-0.3, -0.25) is 0 Å². The number of carbonyl (C=O) groups excluding carboxylic acids is 1. The molecule has 0 aliphatic rings. The number of nitrogens with two attached hydrogens (primary N) is 1. The molecule has 2 atom stereocenters. The summed E-state index contributed by atoms with van der Waals surface area (Å²) in [4.78, 5) is 12.7. The fraction of sp³-hybridized carbons (Fsp3) is 0.321. The smallest absolute Gasteiger partial charge is 0.407 e. The Morgan fingerprint density at radius 2 is 1.57 bits per heavy atom. The first-order chi connectivity index (χ1) is 17.6. The molecule has 9 heteroatoms. The minimum absolute atomic E-state index is 0.000551. The highest BCUT2D eigenvalue weighted by Gasteiger charge is 2.31. The van der Waals surface area contributed by atoms with E-state index in [4.69, 9.17) is 10.5 Å². The van der Waals surface area contributed by atoms with Crippen molar-refractivity contribution in [3.8, 4) is 0 Å². The quantitative estimate of drug-likeness (QED) is 0.309. The van der Waals surface area contributed by atoms with Crippen molar-refractivity contribution in [2.75, 3.05) is 18.8 Å². The number of anilines is 1. The number of carbonyl (C=O) groups is 1. The highest BCUT2D eigenvalue weighted by molar-refractivity contribution is 7.89. The lowest BCUT2D eigenvalue weighted by Crippen LogP contribution is -2.51. The van der Waals surface area contributed by atoms with E-state index in [2.05, 4.69) is 5.32 Å². The molecule has 0 saturated heterocycles. The second-order valence-electron chi connectivity index (χ2n) is 9.36. The molecule has 0 bridgehead atoms. The molecule has 4 N–H and O–H groups in total. The van der Waals surface area contributed by atoms with E-state index in [9.17, 15) is 18.3 Å². The predicted molar refractivity (Wildman–Crippen MR) is 144 cm³/mol. The highest BCUT2D eigenvalue weighted by Crippen LogP contribution is 2.21. The zero-order chi connectivity index (χ0) is 26.8. The van der Waals surface area contributed by atoms with E-state index in [1.165, 1.54) is 16.4 Å². The van der Waals surface area contributed by atoms with Crippen LogP contribution in [0.5, 0.6) is 0 Å². The predicted octanol–water partition coefficient (Wildman–Crippen LogP) is 3.81. The van der Waals surface area contributed by atoms with Crippen molar-refractivity contribution in [1.29, 1.82) is 0 Å². The Kier molecular flexibility index (Phi) is 10.1. The van der Waals surface area contributed by atoms with E-state index >= 15 is 0 Å². The third kappa shape index (κ3) is 8.59. The second kappa shape index (κ2) is 13.2. The summed E-state index contributed by atoms with van der Waals surface area (Å²) >= 11 is 0. The lowest BCUT2D eigenvalue weighted by atomic mass is 10.0. The van der Waals surface area contributed by atoms with Gasteiger partial charge in [0.1, 0.15) is 6.61 Å². The van der Waals surface area contributed by atoms with Crippen LogP contribution in [-0.4, -0.2) is 49.2 Å². The maximum atomic E-state index is 13.5. The zero-order valence-electron chi connectivity index (χ0n) is 21.2. The molecular formula is C28H35N3O5S. The summed E-state index contributed by atoms with van der Waals surface area (Å²) in [6.45, 7) is 3.84. The highest BCUT2D eigenvalue weighted by atomic mass is 32.2. The van der Waals surface area contributed by atoms with Gasteiger partial charge in [0, 0.05) is 18.8 Å². The molecule has 1 amide bonds. The van der Waals surface area contributed by atoms with Gasteiger partial charge in [-0.2, -0.15) is 4.31 Å². The lowest BCUT2D eigenvalue weighted by molar-refractivity contribution is 0.0873. The van der Waals surface area contributed by atoms with E-state index < -0.39 is 28.3 Å². The van der Waals surface area contributed by atoms with E-state index in [0.29, 0.717) is 5.69 Å². The summed E-state index contributed by atoms with van der Waals surface area (Å²) in [5.74, 6) is -0.000551. The summed E-state index contributed by atoms with van der Waals surface area (Å²) in [6.07, 6.45) is -1.62. The minimum atomic E-state index is -3.95. The van der Waals surface area contributed by atoms with Crippen LogP contribution in [0.2, 0.25) is 0 Å². The molecule has 3 rings (SSSR count). The van der Waals surface area contributed by atoms with Gasteiger partial charge in [-0.1, -0.05) is 80.6 Å². The van der Waals surface area contributed by atoms with Crippen molar-refractivity contribution in [1.82, 2.24) is 9.62 Å². The average Bonchev–Trinajstić information content (AvgIpc) is 2.87. The molecule has 3 aromatic carbocycles. The first-order valence-corrected chi connectivity index (χ1v) is 13.6. The Morgan fingerprint density at radius 1 is 0.946 bits per heavy atom. The van der Waals surface area contributed by atoms with Crippen LogP contribution in [0.25, 0.3) is 0 Å². The van der Waals surface area contributed by atoms with Gasteiger partial charge in [-0.05, 0) is 41.7 Å². The molecule has 0 radical (unpaired) electrons. The van der Waals surface area contributed by atoms with Crippen LogP contribution in [-0.2, 0) is 27.8 Å². The van der Waals surface area contributed by atoms with Crippen LogP contribution in [0, 0.1) is 5.92 Å². The molecule has 0 saturated carbocycles. The van der Waals surface area contributed by atoms with Gasteiger partial charge < -0.3 is 20.9 Å². The third-order valence-corrected chi connectivity index (χ3v) is 7.56. The standard InChI is InChI=1S/C28H35N3O5S/c1-21(2)18-31(37(34,35)25-15-9-14-24(29)17-25)19-27(32)26(16-22-10-5-3-6-11-22)30-28(33)36-20-23-12-7-4-8-13-23/h3-15,17,21,26-27,32H,16,18-20,29H2,1-2H3,(H,30,33)/t26?,27-/m1/s1. The largest absolute Gasteiger partial charge is 0.445 e. The molecule has 1 unspecified atom stereocenters. The number of aliphatic hydroxyl groups excluding tert-OH is 1. The van der Waals surface area contributed by atoms with Gasteiger partial charge in [0.2, 0.25) is 10.0 Å². The number of hydrogen-bond donors (Lipinski definition) is 3. The van der Waals surface area contributed by atoms with Crippen LogP contribution in [0.1, 0.15) is 25.0 Å². The summed E-state index contributed by atoms with van der Waals surface area (Å²) in [5, 5.41) is 14.0. The van der Waals surface area contributed by atoms with Gasteiger partial charge in [-0.25, -0.2) is 13.2 Å². The molecule has 0 spiro atoms. The van der Waals surface area contributed by atoms with Gasteiger partial charge in [0.25, 0.3) is 0 Å². The van der Waals surface area contributed by atoms with Crippen molar-refractivity contribution < 1.29 is 23.1 Å². The van der Waals surface area contributed by atoms with Crippen molar-refractivity contribution in [3.05, 3.63) is 96.1 Å². The van der Waals surface area contributed by atoms with Crippen molar-refractivity contribution in [2.45, 2.75) is 43.9 Å². The number of ether oxygens (including phenoxy) is 1. The topological polar surface area (TPSA) is 122 Å². The summed E-state index contributed by atoms with van der Waals surface area (Å²) < 4.78 is 33.5. The van der Waals surface area contributed by atoms with Gasteiger partial charge >= 0.3 is 6.09 Å². The monoisotopic (exact) mass is 525 g/mol. The summed E-state index contributed by atoms with van der Waals surface area (Å²) in [6, 6.07) is 23.9. The Morgan fingerprint density at radius 3 is 2.16 bits per heavy atom. The SMILES string of the molecule is CC(C)CN(C[C@@H](O)C(Cc1ccccc1)NC(=O)OCc1ccccc1)S(=O)(=O)c1cccc(N)c1. The Balaban J connectivity index is 1.79. The minimum Gasteiger partial charge on any atom is -0.445 e. The van der Waals surface area contributed by atoms with Crippen LogP contribution in [0.3, 0.4) is 0 Å². The normalized spacial score (nSPS) is 13.3. The zero-order valence-corrected chi connectivity index (χ0v) is 22.0. The van der Waals surface area contributed by atoms with Crippen molar-refractivity contribution in [3.63, 3.8) is 0 Å². The first kappa shape index (κ1) is 28.2. The molecule has 0 fully saturated rings. The average molecular weight is 526 g/mol. The molecule has 0 aliphatic heterocycles. The van der Waals surface area contributed by atoms with Crippen molar-refractivity contribution in [2.24, 2.45) is 5.92 Å². The maximum Gasteiger partial charge on any atom is 0.407 e. The fourth-order valence-electron chi connectivity index (χ4n) is 3.91. The molecular weight excluding hydrogens is 490 g/mol. The number of sulfonamides is 1. The maximum absolute atomic E-state index is 13.5. The second-order valence-corrected chi connectivity index (χ2v) is 11.3. The number of amides is 1. The molecule has 37 heavy (non-hydrogen) atoms. The fourth-order valence-corrected chi connectivity index (χ4v) is 5.58. The first-order valence-electron chi connectivity index (χ1n) is 12.2.